The van der Waals surface area contributed by atoms with Gasteiger partial charge in [0.25, 0.3) is 0 Å². The standard InChI is InChI=1S/C13H18N2O2S/c1-14-8-7-13-11(9-14)10-15(13)18(16,17)12-5-3-2-4-6-12/h2-6,11,13H,7-10H2,1H3/t11-,13-/m1/s1. The second-order valence-electron chi connectivity index (χ2n) is 5.27. The van der Waals surface area contributed by atoms with Crippen molar-refractivity contribution in [1.82, 2.24) is 9.21 Å². The highest BCUT2D eigenvalue weighted by Crippen LogP contribution is 2.36. The molecule has 4 nitrogen and oxygen atoms in total. The van der Waals surface area contributed by atoms with Gasteiger partial charge < -0.3 is 4.90 Å². The summed E-state index contributed by atoms with van der Waals surface area (Å²) < 4.78 is 26.6. The molecule has 2 fully saturated rings. The predicted octanol–water partition coefficient (Wildman–Crippen LogP) is 1.01. The van der Waals surface area contributed by atoms with Gasteiger partial charge in [0.15, 0.2) is 0 Å². The SMILES string of the molecule is CN1CC[C@@H]2[C@H](C1)CN2S(=O)(=O)c1ccccc1. The summed E-state index contributed by atoms with van der Waals surface area (Å²) in [4.78, 5) is 2.70. The smallest absolute Gasteiger partial charge is 0.243 e. The summed E-state index contributed by atoms with van der Waals surface area (Å²) in [6.45, 7) is 2.68. The number of fused-ring (bicyclic) bond motifs is 1. The fraction of sp³-hybridized carbons (Fsp3) is 0.538. The lowest BCUT2D eigenvalue weighted by Crippen LogP contribution is -2.64. The molecule has 2 saturated heterocycles. The van der Waals surface area contributed by atoms with Gasteiger partial charge in [-0.1, -0.05) is 18.2 Å². The molecule has 0 saturated carbocycles. The first-order valence-corrected chi connectivity index (χ1v) is 7.78. The third-order valence-corrected chi connectivity index (χ3v) is 5.94. The molecule has 2 aliphatic heterocycles. The van der Waals surface area contributed by atoms with Gasteiger partial charge in [-0.15, -0.1) is 0 Å². The molecule has 0 aromatic heterocycles. The number of hydrogen-bond acceptors (Lipinski definition) is 3. The summed E-state index contributed by atoms with van der Waals surface area (Å²) in [5.74, 6) is 0.516. The maximum Gasteiger partial charge on any atom is 0.243 e. The molecule has 1 aromatic rings. The van der Waals surface area contributed by atoms with Crippen LogP contribution in [0.5, 0.6) is 0 Å². The van der Waals surface area contributed by atoms with E-state index in [-0.39, 0.29) is 6.04 Å². The molecule has 18 heavy (non-hydrogen) atoms. The van der Waals surface area contributed by atoms with Gasteiger partial charge in [0.05, 0.1) is 4.90 Å². The molecule has 0 bridgehead atoms. The highest BCUT2D eigenvalue weighted by atomic mass is 32.2. The van der Waals surface area contributed by atoms with Crippen LogP contribution in [-0.4, -0.2) is 50.3 Å². The Bertz CT molecular complexity index is 529. The summed E-state index contributed by atoms with van der Waals surface area (Å²) in [7, 11) is -1.17. The number of benzene rings is 1. The molecule has 98 valence electrons. The van der Waals surface area contributed by atoms with E-state index in [0.29, 0.717) is 17.4 Å². The Balaban J connectivity index is 1.81. The third-order valence-electron chi connectivity index (χ3n) is 4.03. The second-order valence-corrected chi connectivity index (χ2v) is 7.16. The van der Waals surface area contributed by atoms with E-state index in [1.54, 1.807) is 28.6 Å². The van der Waals surface area contributed by atoms with Gasteiger partial charge in [0.2, 0.25) is 10.0 Å². The van der Waals surface area contributed by atoms with Crippen LogP contribution in [0, 0.1) is 5.92 Å². The average Bonchev–Trinajstić information content (AvgIpc) is 2.34. The monoisotopic (exact) mass is 266 g/mol. The van der Waals surface area contributed by atoms with Crippen molar-refractivity contribution in [1.29, 1.82) is 0 Å². The van der Waals surface area contributed by atoms with Crippen LogP contribution in [0.25, 0.3) is 0 Å². The Labute approximate surface area is 108 Å². The van der Waals surface area contributed by atoms with Crippen molar-refractivity contribution in [3.05, 3.63) is 30.3 Å². The lowest BCUT2D eigenvalue weighted by molar-refractivity contribution is 0.0238. The van der Waals surface area contributed by atoms with Gasteiger partial charge in [-0.25, -0.2) is 8.42 Å². The zero-order valence-corrected chi connectivity index (χ0v) is 11.3. The molecule has 3 rings (SSSR count). The first-order valence-electron chi connectivity index (χ1n) is 6.34. The Morgan fingerprint density at radius 1 is 1.17 bits per heavy atom. The van der Waals surface area contributed by atoms with Crippen molar-refractivity contribution in [3.63, 3.8) is 0 Å². The van der Waals surface area contributed by atoms with E-state index in [0.717, 1.165) is 19.5 Å². The molecule has 0 aliphatic carbocycles. The topological polar surface area (TPSA) is 40.6 Å². The van der Waals surface area contributed by atoms with Gasteiger partial charge in [0.1, 0.15) is 0 Å². The first kappa shape index (κ1) is 12.1. The molecule has 0 spiro atoms. The predicted molar refractivity (Wildman–Crippen MR) is 69.7 cm³/mol. The quantitative estimate of drug-likeness (QED) is 0.802. The van der Waals surface area contributed by atoms with E-state index in [2.05, 4.69) is 11.9 Å². The number of nitrogens with zero attached hydrogens (tertiary/aromatic N) is 2. The van der Waals surface area contributed by atoms with Crippen molar-refractivity contribution in [2.75, 3.05) is 26.7 Å². The number of rotatable bonds is 2. The number of hydrogen-bond donors (Lipinski definition) is 0. The van der Waals surface area contributed by atoms with Crippen molar-refractivity contribution >= 4 is 10.0 Å². The fourth-order valence-corrected chi connectivity index (χ4v) is 4.79. The summed E-state index contributed by atoms with van der Waals surface area (Å²) >= 11 is 0. The molecule has 1 aromatic carbocycles. The summed E-state index contributed by atoms with van der Waals surface area (Å²) in [6, 6.07) is 8.96. The molecule has 0 N–H and O–H groups in total. The molecule has 2 aliphatic rings. The minimum Gasteiger partial charge on any atom is -0.306 e. The molecule has 5 heteroatoms. The Kier molecular flexibility index (Phi) is 2.92. The number of sulfonamides is 1. The Morgan fingerprint density at radius 2 is 1.89 bits per heavy atom. The zero-order valence-electron chi connectivity index (χ0n) is 10.5. The highest BCUT2D eigenvalue weighted by Gasteiger charge is 2.47. The van der Waals surface area contributed by atoms with Crippen LogP contribution in [0.15, 0.2) is 35.2 Å². The number of piperidine rings is 1. The van der Waals surface area contributed by atoms with Gasteiger partial charge in [-0.05, 0) is 32.1 Å². The van der Waals surface area contributed by atoms with Gasteiger partial charge in [-0.2, -0.15) is 4.31 Å². The zero-order chi connectivity index (χ0) is 12.8. The van der Waals surface area contributed by atoms with Crippen LogP contribution in [0.1, 0.15) is 6.42 Å². The molecule has 2 atom stereocenters. The molecular weight excluding hydrogens is 248 g/mol. The van der Waals surface area contributed by atoms with E-state index in [1.165, 1.54) is 0 Å². The Hall–Kier alpha value is -0.910. The second kappa shape index (κ2) is 4.33. The fourth-order valence-electron chi connectivity index (χ4n) is 2.99. The molecular formula is C13H18N2O2S. The van der Waals surface area contributed by atoms with E-state index >= 15 is 0 Å². The third kappa shape index (κ3) is 1.86. The van der Waals surface area contributed by atoms with Crippen LogP contribution >= 0.6 is 0 Å². The molecule has 0 unspecified atom stereocenters. The summed E-state index contributed by atoms with van der Waals surface area (Å²) in [5.41, 5.74) is 0. The summed E-state index contributed by atoms with van der Waals surface area (Å²) in [5, 5.41) is 0. The maximum atomic E-state index is 12.5. The van der Waals surface area contributed by atoms with E-state index in [9.17, 15) is 8.42 Å². The molecule has 0 amide bonds. The van der Waals surface area contributed by atoms with Gasteiger partial charge >= 0.3 is 0 Å². The largest absolute Gasteiger partial charge is 0.306 e. The first-order chi connectivity index (χ1) is 8.59. The van der Waals surface area contributed by atoms with Crippen molar-refractivity contribution in [3.8, 4) is 0 Å². The lowest BCUT2D eigenvalue weighted by Gasteiger charge is -2.51. The molecule has 0 radical (unpaired) electrons. The normalized spacial score (nSPS) is 29.6. The Morgan fingerprint density at radius 3 is 2.56 bits per heavy atom. The van der Waals surface area contributed by atoms with E-state index in [4.69, 9.17) is 0 Å². The average molecular weight is 266 g/mol. The van der Waals surface area contributed by atoms with Crippen LogP contribution in [-0.2, 0) is 10.0 Å². The minimum atomic E-state index is -3.28. The minimum absolute atomic E-state index is 0.214. The van der Waals surface area contributed by atoms with Crippen LogP contribution in [0.4, 0.5) is 0 Å². The van der Waals surface area contributed by atoms with E-state index in [1.807, 2.05) is 6.07 Å². The van der Waals surface area contributed by atoms with E-state index < -0.39 is 10.0 Å². The highest BCUT2D eigenvalue weighted by molar-refractivity contribution is 7.89. The van der Waals surface area contributed by atoms with Gasteiger partial charge in [-0.3, -0.25) is 0 Å². The van der Waals surface area contributed by atoms with Crippen LogP contribution in [0.3, 0.4) is 0 Å². The number of likely N-dealkylation sites (tertiary alicyclic amines) is 1. The van der Waals surface area contributed by atoms with Crippen molar-refractivity contribution in [2.24, 2.45) is 5.92 Å². The van der Waals surface area contributed by atoms with Crippen molar-refractivity contribution in [2.45, 2.75) is 17.4 Å². The van der Waals surface area contributed by atoms with Crippen molar-refractivity contribution < 1.29 is 8.42 Å². The van der Waals surface area contributed by atoms with Crippen LogP contribution < -0.4 is 0 Å². The maximum absolute atomic E-state index is 12.5. The summed E-state index contributed by atoms with van der Waals surface area (Å²) in [6.07, 6.45) is 0.952. The van der Waals surface area contributed by atoms with Crippen LogP contribution in [0.2, 0.25) is 0 Å². The van der Waals surface area contributed by atoms with Gasteiger partial charge in [0, 0.05) is 25.0 Å². The molecule has 2 heterocycles. The lowest BCUT2D eigenvalue weighted by atomic mass is 9.85.